The monoisotopic (exact) mass is 329 g/mol. The van der Waals surface area contributed by atoms with Crippen LogP contribution in [0, 0.1) is 19.8 Å². The Hall–Kier alpha value is -1.85. The van der Waals surface area contributed by atoms with Gasteiger partial charge in [-0.25, -0.2) is 0 Å². The Kier molecular flexibility index (Phi) is 5.53. The number of aliphatic hydroxyl groups is 1. The molecule has 2 aromatic rings. The summed E-state index contributed by atoms with van der Waals surface area (Å²) in [5.41, 5.74) is 4.66. The predicted molar refractivity (Wildman–Crippen MR) is 95.0 cm³/mol. The van der Waals surface area contributed by atoms with Gasteiger partial charge in [-0.3, -0.25) is 0 Å². The zero-order chi connectivity index (χ0) is 16.9. The van der Waals surface area contributed by atoms with E-state index in [1.807, 2.05) is 13.8 Å². The molecule has 5 nitrogen and oxygen atoms in total. The molecule has 0 radical (unpaired) electrons. The van der Waals surface area contributed by atoms with Crippen molar-refractivity contribution in [3.8, 4) is 0 Å². The first-order chi connectivity index (χ1) is 11.7. The lowest BCUT2D eigenvalue weighted by Gasteiger charge is -2.33. The highest BCUT2D eigenvalue weighted by Crippen LogP contribution is 2.23. The molecule has 1 fully saturated rings. The molecule has 1 aromatic carbocycles. The highest BCUT2D eigenvalue weighted by atomic mass is 16.5. The lowest BCUT2D eigenvalue weighted by Crippen LogP contribution is -2.34. The molecule has 0 aliphatic carbocycles. The van der Waals surface area contributed by atoms with Crippen molar-refractivity contribution in [3.63, 3.8) is 0 Å². The third-order valence-corrected chi connectivity index (χ3v) is 4.99. The van der Waals surface area contributed by atoms with E-state index in [2.05, 4.69) is 39.6 Å². The molecule has 0 amide bonds. The van der Waals surface area contributed by atoms with Gasteiger partial charge >= 0.3 is 0 Å². The maximum absolute atomic E-state index is 9.23. The van der Waals surface area contributed by atoms with Crippen LogP contribution in [0.2, 0.25) is 0 Å². The first kappa shape index (κ1) is 17.0. The van der Waals surface area contributed by atoms with Crippen molar-refractivity contribution in [2.24, 2.45) is 5.92 Å². The third-order valence-electron chi connectivity index (χ3n) is 4.99. The number of benzene rings is 1. The van der Waals surface area contributed by atoms with Crippen molar-refractivity contribution >= 4 is 5.69 Å². The molecule has 0 unspecified atom stereocenters. The van der Waals surface area contributed by atoms with Crippen LogP contribution in [0.1, 0.15) is 35.4 Å². The number of hydrogen-bond donors (Lipinski definition) is 2. The quantitative estimate of drug-likeness (QED) is 0.853. The van der Waals surface area contributed by atoms with E-state index in [0.717, 1.165) is 56.0 Å². The van der Waals surface area contributed by atoms with E-state index in [1.165, 1.54) is 11.3 Å². The van der Waals surface area contributed by atoms with Crippen molar-refractivity contribution in [3.05, 3.63) is 46.8 Å². The number of nitrogens with zero attached hydrogens (tertiary/aromatic N) is 2. The molecule has 0 saturated carbocycles. The van der Waals surface area contributed by atoms with Gasteiger partial charge in [0.1, 0.15) is 5.76 Å². The van der Waals surface area contributed by atoms with E-state index in [1.54, 1.807) is 0 Å². The summed E-state index contributed by atoms with van der Waals surface area (Å²) >= 11 is 0. The van der Waals surface area contributed by atoms with Crippen molar-refractivity contribution < 1.29 is 9.63 Å². The minimum Gasteiger partial charge on any atom is -0.396 e. The van der Waals surface area contributed by atoms with E-state index < -0.39 is 0 Å². The zero-order valence-electron chi connectivity index (χ0n) is 14.6. The Bertz CT molecular complexity index is 624. The van der Waals surface area contributed by atoms with Gasteiger partial charge in [0.15, 0.2) is 0 Å². The Morgan fingerprint density at radius 1 is 1.17 bits per heavy atom. The zero-order valence-corrected chi connectivity index (χ0v) is 14.6. The minimum absolute atomic E-state index is 0.323. The van der Waals surface area contributed by atoms with Crippen molar-refractivity contribution in [2.75, 3.05) is 24.6 Å². The van der Waals surface area contributed by atoms with Crippen LogP contribution in [0.3, 0.4) is 0 Å². The summed E-state index contributed by atoms with van der Waals surface area (Å²) in [5, 5.41) is 16.7. The molecule has 0 bridgehead atoms. The second kappa shape index (κ2) is 7.81. The number of anilines is 1. The van der Waals surface area contributed by atoms with E-state index in [0.29, 0.717) is 12.5 Å². The van der Waals surface area contributed by atoms with E-state index >= 15 is 0 Å². The lowest BCUT2D eigenvalue weighted by atomic mass is 9.97. The number of aromatic nitrogens is 1. The number of rotatable bonds is 6. The first-order valence-electron chi connectivity index (χ1n) is 8.74. The number of hydrogen-bond acceptors (Lipinski definition) is 5. The normalized spacial score (nSPS) is 15.9. The van der Waals surface area contributed by atoms with Gasteiger partial charge in [-0.15, -0.1) is 0 Å². The van der Waals surface area contributed by atoms with Gasteiger partial charge in [-0.2, -0.15) is 0 Å². The molecule has 3 rings (SSSR count). The fraction of sp³-hybridized carbons (Fsp3) is 0.526. The van der Waals surface area contributed by atoms with Crippen LogP contribution in [0.25, 0.3) is 0 Å². The molecular formula is C19H27N3O2. The molecule has 24 heavy (non-hydrogen) atoms. The second-order valence-electron chi connectivity index (χ2n) is 6.69. The van der Waals surface area contributed by atoms with Gasteiger partial charge in [0.25, 0.3) is 0 Å². The maximum atomic E-state index is 9.23. The van der Waals surface area contributed by atoms with Crippen LogP contribution < -0.4 is 10.2 Å². The van der Waals surface area contributed by atoms with Crippen molar-refractivity contribution in [2.45, 2.75) is 39.8 Å². The molecule has 1 aliphatic heterocycles. The van der Waals surface area contributed by atoms with E-state index in [9.17, 15) is 5.11 Å². The lowest BCUT2D eigenvalue weighted by molar-refractivity contribution is 0.203. The van der Waals surface area contributed by atoms with Crippen LogP contribution in [-0.2, 0) is 13.1 Å². The third kappa shape index (κ3) is 3.97. The highest BCUT2D eigenvalue weighted by molar-refractivity contribution is 5.48. The summed E-state index contributed by atoms with van der Waals surface area (Å²) in [5.74, 6) is 1.37. The molecule has 2 N–H and O–H groups in total. The van der Waals surface area contributed by atoms with Gasteiger partial charge in [0, 0.05) is 44.0 Å². The fourth-order valence-corrected chi connectivity index (χ4v) is 3.28. The summed E-state index contributed by atoms with van der Waals surface area (Å²) in [6, 6.07) is 8.78. The highest BCUT2D eigenvalue weighted by Gasteiger charge is 2.18. The molecule has 0 spiro atoms. The minimum atomic E-state index is 0.323. The Balaban J connectivity index is 1.50. The van der Waals surface area contributed by atoms with Crippen LogP contribution in [0.4, 0.5) is 5.69 Å². The first-order valence-corrected chi connectivity index (χ1v) is 8.74. The molecule has 1 aliphatic rings. The maximum Gasteiger partial charge on any atom is 0.138 e. The van der Waals surface area contributed by atoms with Crippen molar-refractivity contribution in [1.82, 2.24) is 10.5 Å². The van der Waals surface area contributed by atoms with Crippen LogP contribution in [0.15, 0.2) is 28.8 Å². The number of aryl methyl sites for hydroxylation is 2. The average Bonchev–Trinajstić information content (AvgIpc) is 2.94. The fourth-order valence-electron chi connectivity index (χ4n) is 3.28. The summed E-state index contributed by atoms with van der Waals surface area (Å²) in [6.45, 7) is 7.93. The Labute approximate surface area is 143 Å². The number of piperidine rings is 1. The molecule has 2 heterocycles. The standard InChI is InChI=1S/C19H27N3O2/c1-14-19(15(2)24-21-14)12-20-11-16-3-5-18(6-4-16)22-9-7-17(13-23)8-10-22/h3-6,17,20,23H,7-13H2,1-2H3. The van der Waals surface area contributed by atoms with Gasteiger partial charge in [-0.05, 0) is 50.3 Å². The van der Waals surface area contributed by atoms with Crippen LogP contribution in [-0.4, -0.2) is 30.0 Å². The van der Waals surface area contributed by atoms with E-state index in [-0.39, 0.29) is 0 Å². The smallest absolute Gasteiger partial charge is 0.138 e. The summed E-state index contributed by atoms with van der Waals surface area (Å²) < 4.78 is 5.19. The summed E-state index contributed by atoms with van der Waals surface area (Å²) in [4.78, 5) is 2.41. The second-order valence-corrected chi connectivity index (χ2v) is 6.69. The largest absolute Gasteiger partial charge is 0.396 e. The van der Waals surface area contributed by atoms with Crippen LogP contribution in [0.5, 0.6) is 0 Å². The van der Waals surface area contributed by atoms with Crippen LogP contribution >= 0.6 is 0 Å². The SMILES string of the molecule is Cc1noc(C)c1CNCc1ccc(N2CCC(CO)CC2)cc1. The topological polar surface area (TPSA) is 61.5 Å². The Morgan fingerprint density at radius 2 is 1.88 bits per heavy atom. The van der Waals surface area contributed by atoms with Gasteiger partial charge < -0.3 is 19.8 Å². The van der Waals surface area contributed by atoms with Gasteiger partial charge in [-0.1, -0.05) is 17.3 Å². The van der Waals surface area contributed by atoms with Crippen molar-refractivity contribution in [1.29, 1.82) is 0 Å². The molecule has 130 valence electrons. The number of nitrogens with one attached hydrogen (secondary N) is 1. The van der Waals surface area contributed by atoms with Gasteiger partial charge in [0.2, 0.25) is 0 Å². The Morgan fingerprint density at radius 3 is 2.46 bits per heavy atom. The summed E-state index contributed by atoms with van der Waals surface area (Å²) in [6.07, 6.45) is 2.16. The molecule has 1 saturated heterocycles. The van der Waals surface area contributed by atoms with E-state index in [4.69, 9.17) is 4.52 Å². The van der Waals surface area contributed by atoms with Gasteiger partial charge in [0.05, 0.1) is 5.69 Å². The number of aliphatic hydroxyl groups excluding tert-OH is 1. The average molecular weight is 329 g/mol. The predicted octanol–water partition coefficient (Wildman–Crippen LogP) is 2.79. The molecule has 1 aromatic heterocycles. The molecule has 5 heteroatoms. The summed E-state index contributed by atoms with van der Waals surface area (Å²) in [7, 11) is 0. The molecule has 0 atom stereocenters. The molecular weight excluding hydrogens is 302 g/mol.